The highest BCUT2D eigenvalue weighted by molar-refractivity contribution is 8.00. The molecular weight excluding hydrogens is 571 g/mol. The first kappa shape index (κ1) is 29.1. The SMILES string of the molecule is COC(=O)c1c(NC(=O)C(Sc2cccc(NC(=O)C3CC3)c2)c2ccccc2)sc(C(=O)Nc2ccccc2)c1C. The number of hydrogen-bond acceptors (Lipinski definition) is 7. The van der Waals surface area contributed by atoms with Crippen LogP contribution in [0, 0.1) is 12.8 Å². The fourth-order valence-electron chi connectivity index (χ4n) is 4.33. The van der Waals surface area contributed by atoms with E-state index in [0.29, 0.717) is 16.9 Å². The third-order valence-corrected chi connectivity index (χ3v) is 9.11. The Bertz CT molecular complexity index is 1620. The van der Waals surface area contributed by atoms with Crippen LogP contribution >= 0.6 is 23.1 Å². The third-order valence-electron chi connectivity index (χ3n) is 6.66. The predicted molar refractivity (Wildman–Crippen MR) is 166 cm³/mol. The van der Waals surface area contributed by atoms with Crippen LogP contribution in [0.15, 0.2) is 89.8 Å². The molecule has 3 amide bonds. The Morgan fingerprint density at radius 3 is 2.19 bits per heavy atom. The first-order valence-electron chi connectivity index (χ1n) is 13.4. The Balaban J connectivity index is 1.42. The molecular formula is C32H29N3O5S2. The number of carbonyl (C=O) groups is 4. The number of nitrogens with one attached hydrogen (secondary N) is 3. The molecule has 1 heterocycles. The van der Waals surface area contributed by atoms with E-state index in [1.165, 1.54) is 18.9 Å². The summed E-state index contributed by atoms with van der Waals surface area (Å²) < 4.78 is 5.00. The van der Waals surface area contributed by atoms with Crippen LogP contribution in [0.1, 0.15) is 49.2 Å². The van der Waals surface area contributed by atoms with Crippen molar-refractivity contribution in [3.8, 4) is 0 Å². The van der Waals surface area contributed by atoms with Gasteiger partial charge in [0.05, 0.1) is 17.6 Å². The average molecular weight is 600 g/mol. The minimum atomic E-state index is -0.699. The van der Waals surface area contributed by atoms with Gasteiger partial charge in [-0.05, 0) is 61.2 Å². The topological polar surface area (TPSA) is 114 Å². The van der Waals surface area contributed by atoms with Gasteiger partial charge in [-0.3, -0.25) is 14.4 Å². The summed E-state index contributed by atoms with van der Waals surface area (Å²) in [5.74, 6) is -1.35. The number of thiophene rings is 1. The van der Waals surface area contributed by atoms with E-state index in [4.69, 9.17) is 4.74 Å². The van der Waals surface area contributed by atoms with Crippen molar-refractivity contribution in [1.82, 2.24) is 0 Å². The zero-order chi connectivity index (χ0) is 29.6. The Labute approximate surface area is 251 Å². The molecule has 0 spiro atoms. The summed E-state index contributed by atoms with van der Waals surface area (Å²) in [6.07, 6.45) is 1.81. The number of para-hydroxylation sites is 1. The summed E-state index contributed by atoms with van der Waals surface area (Å²) in [6, 6.07) is 25.6. The number of hydrogen-bond donors (Lipinski definition) is 3. The predicted octanol–water partition coefficient (Wildman–Crippen LogP) is 6.92. The molecule has 0 bridgehead atoms. The number of benzene rings is 3. The second-order valence-electron chi connectivity index (χ2n) is 9.76. The zero-order valence-electron chi connectivity index (χ0n) is 23.0. The summed E-state index contributed by atoms with van der Waals surface area (Å²) in [4.78, 5) is 53.2. The maximum absolute atomic E-state index is 13.9. The largest absolute Gasteiger partial charge is 0.465 e. The molecule has 1 saturated carbocycles. The maximum atomic E-state index is 13.9. The summed E-state index contributed by atoms with van der Waals surface area (Å²) in [6.45, 7) is 1.66. The van der Waals surface area contributed by atoms with Crippen LogP contribution < -0.4 is 16.0 Å². The van der Waals surface area contributed by atoms with Gasteiger partial charge in [0.2, 0.25) is 11.8 Å². The van der Waals surface area contributed by atoms with Crippen molar-refractivity contribution in [2.24, 2.45) is 5.92 Å². The third kappa shape index (κ3) is 6.89. The zero-order valence-corrected chi connectivity index (χ0v) is 24.6. The van der Waals surface area contributed by atoms with Crippen LogP contribution in [0.4, 0.5) is 16.4 Å². The minimum Gasteiger partial charge on any atom is -0.465 e. The molecule has 1 fully saturated rings. The van der Waals surface area contributed by atoms with Crippen LogP contribution in [-0.2, 0) is 14.3 Å². The van der Waals surface area contributed by atoms with Crippen LogP contribution in [-0.4, -0.2) is 30.8 Å². The second kappa shape index (κ2) is 13.1. The van der Waals surface area contributed by atoms with E-state index < -0.39 is 17.1 Å². The Morgan fingerprint density at radius 2 is 1.52 bits per heavy atom. The molecule has 214 valence electrons. The first-order chi connectivity index (χ1) is 20.3. The minimum absolute atomic E-state index is 0.00464. The highest BCUT2D eigenvalue weighted by Gasteiger charge is 2.31. The van der Waals surface area contributed by atoms with Crippen molar-refractivity contribution in [2.45, 2.75) is 29.9 Å². The molecule has 1 atom stereocenters. The number of carbonyl (C=O) groups excluding carboxylic acids is 4. The number of amides is 3. The highest BCUT2D eigenvalue weighted by Crippen LogP contribution is 2.40. The molecule has 1 aromatic heterocycles. The van der Waals surface area contributed by atoms with Crippen molar-refractivity contribution in [2.75, 3.05) is 23.1 Å². The van der Waals surface area contributed by atoms with Gasteiger partial charge in [-0.2, -0.15) is 0 Å². The van der Waals surface area contributed by atoms with E-state index in [-0.39, 0.29) is 33.2 Å². The lowest BCUT2D eigenvalue weighted by atomic mass is 10.1. The number of anilines is 3. The van der Waals surface area contributed by atoms with E-state index in [2.05, 4.69) is 16.0 Å². The van der Waals surface area contributed by atoms with Gasteiger partial charge in [0.1, 0.15) is 10.3 Å². The van der Waals surface area contributed by atoms with Crippen molar-refractivity contribution in [3.63, 3.8) is 0 Å². The van der Waals surface area contributed by atoms with Crippen molar-refractivity contribution >= 4 is 63.2 Å². The molecule has 1 aliphatic carbocycles. The molecule has 1 unspecified atom stereocenters. The standard InChI is InChI=1S/C32H29N3O5S2/c1-19-25(32(39)40-2)31(42-26(19)29(37)33-22-12-7-4-8-13-22)35-30(38)27(20-10-5-3-6-11-20)41-24-15-9-14-23(18-24)34-28(36)21-16-17-21/h3-15,18,21,27H,16-17H2,1-2H3,(H,33,37)(H,34,36)(H,35,38). The lowest BCUT2D eigenvalue weighted by molar-refractivity contribution is -0.117. The van der Waals surface area contributed by atoms with Gasteiger partial charge in [0.25, 0.3) is 5.91 Å². The number of methoxy groups -OCH3 is 1. The van der Waals surface area contributed by atoms with Gasteiger partial charge in [-0.15, -0.1) is 23.1 Å². The van der Waals surface area contributed by atoms with Crippen molar-refractivity contribution in [1.29, 1.82) is 0 Å². The van der Waals surface area contributed by atoms with Crippen LogP contribution in [0.25, 0.3) is 0 Å². The fraction of sp³-hybridized carbons (Fsp3) is 0.188. The monoisotopic (exact) mass is 599 g/mol. The number of esters is 1. The number of thioether (sulfide) groups is 1. The number of rotatable bonds is 10. The molecule has 3 aromatic carbocycles. The highest BCUT2D eigenvalue weighted by atomic mass is 32.2. The van der Waals surface area contributed by atoms with Gasteiger partial charge in [0, 0.05) is 22.2 Å². The first-order valence-corrected chi connectivity index (χ1v) is 15.0. The second-order valence-corrected chi connectivity index (χ2v) is 12.0. The number of ether oxygens (including phenoxy) is 1. The molecule has 1 aliphatic rings. The summed E-state index contributed by atoms with van der Waals surface area (Å²) >= 11 is 2.34. The van der Waals surface area contributed by atoms with E-state index in [0.717, 1.165) is 34.6 Å². The summed E-state index contributed by atoms with van der Waals surface area (Å²) in [5, 5.41) is 8.22. The van der Waals surface area contributed by atoms with E-state index in [1.807, 2.05) is 60.7 Å². The molecule has 0 aliphatic heterocycles. The van der Waals surface area contributed by atoms with Crippen LogP contribution in [0.3, 0.4) is 0 Å². The van der Waals surface area contributed by atoms with Gasteiger partial charge >= 0.3 is 5.97 Å². The van der Waals surface area contributed by atoms with Crippen molar-refractivity contribution in [3.05, 3.63) is 106 Å². The van der Waals surface area contributed by atoms with Gasteiger partial charge in [-0.1, -0.05) is 54.6 Å². The molecule has 0 radical (unpaired) electrons. The van der Waals surface area contributed by atoms with E-state index in [9.17, 15) is 19.2 Å². The van der Waals surface area contributed by atoms with Gasteiger partial charge in [-0.25, -0.2) is 4.79 Å². The molecule has 42 heavy (non-hydrogen) atoms. The Hall–Kier alpha value is -4.41. The average Bonchev–Trinajstić information content (AvgIpc) is 3.80. The van der Waals surface area contributed by atoms with Crippen LogP contribution in [0.2, 0.25) is 0 Å². The molecule has 10 heteroatoms. The quantitative estimate of drug-likeness (QED) is 0.135. The molecule has 5 rings (SSSR count). The fourth-order valence-corrected chi connectivity index (χ4v) is 6.50. The molecule has 0 saturated heterocycles. The summed E-state index contributed by atoms with van der Waals surface area (Å²) in [7, 11) is 1.26. The lowest BCUT2D eigenvalue weighted by Gasteiger charge is -2.17. The Kier molecular flexibility index (Phi) is 9.04. The van der Waals surface area contributed by atoms with Gasteiger partial charge < -0.3 is 20.7 Å². The molecule has 3 N–H and O–H groups in total. The summed E-state index contributed by atoms with van der Waals surface area (Å²) in [5.41, 5.74) is 2.58. The maximum Gasteiger partial charge on any atom is 0.341 e. The Morgan fingerprint density at radius 1 is 0.857 bits per heavy atom. The lowest BCUT2D eigenvalue weighted by Crippen LogP contribution is -2.20. The van der Waals surface area contributed by atoms with Gasteiger partial charge in [0.15, 0.2) is 0 Å². The van der Waals surface area contributed by atoms with E-state index >= 15 is 0 Å². The smallest absolute Gasteiger partial charge is 0.341 e. The van der Waals surface area contributed by atoms with Crippen molar-refractivity contribution < 1.29 is 23.9 Å². The normalized spacial score (nSPS) is 13.1. The molecule has 4 aromatic rings. The van der Waals surface area contributed by atoms with E-state index in [1.54, 1.807) is 31.2 Å². The van der Waals surface area contributed by atoms with Crippen LogP contribution in [0.5, 0.6) is 0 Å². The molecule has 8 nitrogen and oxygen atoms in total.